The molecule has 0 bridgehead atoms. The van der Waals surface area contributed by atoms with Gasteiger partial charge in [0.25, 0.3) is 0 Å². The Morgan fingerprint density at radius 2 is 1.36 bits per heavy atom. The van der Waals surface area contributed by atoms with Crippen molar-refractivity contribution in [1.29, 1.82) is 0 Å². The first-order valence-corrected chi connectivity index (χ1v) is 10.9. The molecule has 3 heteroatoms. The van der Waals surface area contributed by atoms with Gasteiger partial charge in [-0.2, -0.15) is 0 Å². The summed E-state index contributed by atoms with van der Waals surface area (Å²) in [5, 5.41) is 0. The van der Waals surface area contributed by atoms with Crippen molar-refractivity contribution in [1.82, 2.24) is 0 Å². The van der Waals surface area contributed by atoms with Crippen LogP contribution in [-0.2, 0) is 14.3 Å². The summed E-state index contributed by atoms with van der Waals surface area (Å²) in [6, 6.07) is 0. The van der Waals surface area contributed by atoms with Crippen LogP contribution in [0.1, 0.15) is 117 Å². The number of ether oxygens (including phenoxy) is 1. The number of cyclic esters (lactones) is 2. The van der Waals surface area contributed by atoms with E-state index in [-0.39, 0.29) is 17.9 Å². The topological polar surface area (TPSA) is 43.4 Å². The highest BCUT2D eigenvalue weighted by molar-refractivity contribution is 5.94. The molecule has 0 aliphatic carbocycles. The lowest BCUT2D eigenvalue weighted by Gasteiger charge is -2.16. The zero-order chi connectivity index (χ0) is 18.3. The summed E-state index contributed by atoms with van der Waals surface area (Å²) in [4.78, 5) is 22.7. The predicted molar refractivity (Wildman–Crippen MR) is 103 cm³/mol. The van der Waals surface area contributed by atoms with E-state index in [9.17, 15) is 9.59 Å². The Morgan fingerprint density at radius 1 is 0.840 bits per heavy atom. The fourth-order valence-corrected chi connectivity index (χ4v) is 3.87. The van der Waals surface area contributed by atoms with E-state index in [1.165, 1.54) is 83.5 Å². The summed E-state index contributed by atoms with van der Waals surface area (Å²) >= 11 is 0. The molecule has 0 aromatic carbocycles. The number of rotatable bonds is 16. The van der Waals surface area contributed by atoms with Crippen molar-refractivity contribution in [2.75, 3.05) is 0 Å². The molecule has 0 aromatic heterocycles. The van der Waals surface area contributed by atoms with E-state index in [0.29, 0.717) is 12.3 Å². The molecule has 0 saturated carbocycles. The fourth-order valence-electron chi connectivity index (χ4n) is 3.87. The van der Waals surface area contributed by atoms with E-state index in [0.717, 1.165) is 12.8 Å². The number of hydrogen-bond acceptors (Lipinski definition) is 3. The molecule has 1 rings (SSSR count). The summed E-state index contributed by atoms with van der Waals surface area (Å²) < 4.78 is 4.66. The minimum atomic E-state index is -0.338. The number of hydrogen-bond donors (Lipinski definition) is 0. The lowest BCUT2D eigenvalue weighted by atomic mass is 9.87. The summed E-state index contributed by atoms with van der Waals surface area (Å²) in [6.45, 7) is 4.46. The van der Waals surface area contributed by atoms with E-state index in [4.69, 9.17) is 0 Å². The largest absolute Gasteiger partial charge is 0.393 e. The highest BCUT2D eigenvalue weighted by Crippen LogP contribution is 2.28. The number of carbonyl (C=O) groups is 2. The monoisotopic (exact) mass is 352 g/mol. The van der Waals surface area contributed by atoms with Crippen LogP contribution < -0.4 is 0 Å². The second-order valence-corrected chi connectivity index (χ2v) is 7.88. The van der Waals surface area contributed by atoms with Crippen LogP contribution in [0.15, 0.2) is 0 Å². The van der Waals surface area contributed by atoms with Gasteiger partial charge in [0.05, 0.1) is 12.3 Å². The zero-order valence-corrected chi connectivity index (χ0v) is 16.7. The van der Waals surface area contributed by atoms with Crippen molar-refractivity contribution in [3.8, 4) is 0 Å². The molecule has 0 amide bonds. The van der Waals surface area contributed by atoms with Gasteiger partial charge in [-0.15, -0.1) is 0 Å². The molecule has 1 aliphatic rings. The van der Waals surface area contributed by atoms with Crippen molar-refractivity contribution in [2.45, 2.75) is 117 Å². The van der Waals surface area contributed by atoms with Crippen LogP contribution in [0, 0.1) is 11.8 Å². The average Bonchev–Trinajstić information content (AvgIpc) is 2.91. The zero-order valence-electron chi connectivity index (χ0n) is 16.7. The maximum absolute atomic E-state index is 11.6. The Bertz CT molecular complexity index is 364. The first-order valence-electron chi connectivity index (χ1n) is 10.9. The average molecular weight is 353 g/mol. The molecule has 3 nitrogen and oxygen atoms in total. The summed E-state index contributed by atoms with van der Waals surface area (Å²) in [5.41, 5.74) is 0. The van der Waals surface area contributed by atoms with Gasteiger partial charge < -0.3 is 4.74 Å². The van der Waals surface area contributed by atoms with Crippen molar-refractivity contribution < 1.29 is 14.3 Å². The first kappa shape index (κ1) is 22.2. The highest BCUT2D eigenvalue weighted by atomic mass is 16.6. The summed E-state index contributed by atoms with van der Waals surface area (Å²) in [5.74, 6) is -0.241. The molecule has 0 aromatic rings. The minimum absolute atomic E-state index is 0.172. The van der Waals surface area contributed by atoms with Gasteiger partial charge in [0.15, 0.2) is 0 Å². The van der Waals surface area contributed by atoms with E-state index in [1.54, 1.807) is 0 Å². The second kappa shape index (κ2) is 14.3. The van der Waals surface area contributed by atoms with Crippen LogP contribution in [0.5, 0.6) is 0 Å². The molecule has 0 spiro atoms. The Labute approximate surface area is 155 Å². The molecule has 1 saturated heterocycles. The maximum atomic E-state index is 11.6. The number of carbonyl (C=O) groups excluding carboxylic acids is 2. The molecule has 2 unspecified atom stereocenters. The van der Waals surface area contributed by atoms with Gasteiger partial charge in [0.1, 0.15) is 0 Å². The molecule has 25 heavy (non-hydrogen) atoms. The van der Waals surface area contributed by atoms with Gasteiger partial charge in [0, 0.05) is 0 Å². The van der Waals surface area contributed by atoms with Crippen molar-refractivity contribution >= 4 is 11.9 Å². The Hall–Kier alpha value is -0.860. The highest BCUT2D eigenvalue weighted by Gasteiger charge is 2.34. The Balaban J connectivity index is 1.92. The minimum Gasteiger partial charge on any atom is -0.393 e. The quantitative estimate of drug-likeness (QED) is 0.179. The fraction of sp³-hybridized carbons (Fsp3) is 0.909. The Kier molecular flexibility index (Phi) is 12.7. The third kappa shape index (κ3) is 10.7. The van der Waals surface area contributed by atoms with Gasteiger partial charge in [-0.1, -0.05) is 104 Å². The lowest BCUT2D eigenvalue weighted by Crippen LogP contribution is -2.13. The SMILES string of the molecule is CCCCCCCCCCCCCCC(CC)CC1CC(=O)OC1=O. The van der Waals surface area contributed by atoms with Crippen molar-refractivity contribution in [3.63, 3.8) is 0 Å². The molecule has 1 aliphatic heterocycles. The van der Waals surface area contributed by atoms with E-state index >= 15 is 0 Å². The second-order valence-electron chi connectivity index (χ2n) is 7.88. The number of unbranched alkanes of at least 4 members (excludes halogenated alkanes) is 11. The molecule has 146 valence electrons. The number of esters is 2. The van der Waals surface area contributed by atoms with E-state index in [1.807, 2.05) is 0 Å². The lowest BCUT2D eigenvalue weighted by molar-refractivity contribution is -0.153. The van der Waals surface area contributed by atoms with Crippen LogP contribution in [0.3, 0.4) is 0 Å². The summed E-state index contributed by atoms with van der Waals surface area (Å²) in [7, 11) is 0. The third-order valence-corrected chi connectivity index (χ3v) is 5.62. The van der Waals surface area contributed by atoms with Crippen LogP contribution in [0.2, 0.25) is 0 Å². The Morgan fingerprint density at radius 3 is 1.80 bits per heavy atom. The van der Waals surface area contributed by atoms with E-state index in [2.05, 4.69) is 18.6 Å². The predicted octanol–water partition coefficient (Wildman–Crippen LogP) is 6.58. The molecule has 1 heterocycles. The van der Waals surface area contributed by atoms with Crippen LogP contribution >= 0.6 is 0 Å². The maximum Gasteiger partial charge on any atom is 0.317 e. The van der Waals surface area contributed by atoms with Gasteiger partial charge in [-0.05, 0) is 12.3 Å². The molecular formula is C22H40O3. The van der Waals surface area contributed by atoms with Crippen LogP contribution in [-0.4, -0.2) is 11.9 Å². The normalized spacial score (nSPS) is 18.6. The first-order chi connectivity index (χ1) is 12.2. The van der Waals surface area contributed by atoms with Crippen LogP contribution in [0.4, 0.5) is 0 Å². The van der Waals surface area contributed by atoms with Crippen molar-refractivity contribution in [2.24, 2.45) is 11.8 Å². The van der Waals surface area contributed by atoms with Gasteiger partial charge in [-0.25, -0.2) is 0 Å². The molecular weight excluding hydrogens is 312 g/mol. The van der Waals surface area contributed by atoms with Gasteiger partial charge in [0.2, 0.25) is 0 Å². The molecule has 0 radical (unpaired) electrons. The van der Waals surface area contributed by atoms with Crippen LogP contribution in [0.25, 0.3) is 0 Å². The third-order valence-electron chi connectivity index (χ3n) is 5.62. The van der Waals surface area contributed by atoms with Crippen molar-refractivity contribution in [3.05, 3.63) is 0 Å². The standard InChI is InChI=1S/C22H40O3/c1-3-5-6-7-8-9-10-11-12-13-14-15-16-19(4-2)17-20-18-21(23)25-22(20)24/h19-20H,3-18H2,1-2H3. The van der Waals surface area contributed by atoms with E-state index < -0.39 is 0 Å². The summed E-state index contributed by atoms with van der Waals surface area (Å²) in [6.07, 6.45) is 19.9. The molecule has 2 atom stereocenters. The molecule has 0 N–H and O–H groups in total. The van der Waals surface area contributed by atoms with Gasteiger partial charge in [-0.3, -0.25) is 9.59 Å². The smallest absolute Gasteiger partial charge is 0.317 e. The van der Waals surface area contributed by atoms with Gasteiger partial charge >= 0.3 is 11.9 Å². The molecule has 1 fully saturated rings.